The molecule has 1 atom stereocenters. The molecule has 1 amide bonds. The minimum Gasteiger partial charge on any atom is -0.352 e. The van der Waals surface area contributed by atoms with Crippen molar-refractivity contribution in [1.82, 2.24) is 14.9 Å². The van der Waals surface area contributed by atoms with E-state index in [0.29, 0.717) is 18.0 Å². The van der Waals surface area contributed by atoms with Crippen molar-refractivity contribution in [1.29, 1.82) is 0 Å². The molecule has 28 heavy (non-hydrogen) atoms. The van der Waals surface area contributed by atoms with Gasteiger partial charge in [0.05, 0.1) is 4.90 Å². The lowest BCUT2D eigenvalue weighted by atomic mass is 9.96. The fourth-order valence-corrected chi connectivity index (χ4v) is 5.52. The van der Waals surface area contributed by atoms with E-state index >= 15 is 0 Å². The second-order valence-corrected chi connectivity index (χ2v) is 9.74. The van der Waals surface area contributed by atoms with Crippen LogP contribution in [0.3, 0.4) is 0 Å². The van der Waals surface area contributed by atoms with Crippen molar-refractivity contribution in [3.63, 3.8) is 0 Å². The highest BCUT2D eigenvalue weighted by atomic mass is 35.5. The Morgan fingerprint density at radius 3 is 2.64 bits per heavy atom. The van der Waals surface area contributed by atoms with Crippen LogP contribution in [0.1, 0.15) is 55.3 Å². The Balaban J connectivity index is 0.00000280. The Hall–Kier alpha value is -1.15. The highest BCUT2D eigenvalue weighted by molar-refractivity contribution is 7.89. The van der Waals surface area contributed by atoms with Gasteiger partial charge in [0, 0.05) is 25.2 Å². The molecule has 2 aliphatic rings. The van der Waals surface area contributed by atoms with Crippen LogP contribution in [-0.4, -0.2) is 51.4 Å². The third-order valence-electron chi connectivity index (χ3n) is 5.86. The summed E-state index contributed by atoms with van der Waals surface area (Å²) >= 11 is 0. The van der Waals surface area contributed by atoms with Crippen LogP contribution in [0.2, 0.25) is 0 Å². The van der Waals surface area contributed by atoms with Crippen LogP contribution in [0.5, 0.6) is 0 Å². The Bertz CT molecular complexity index is 745. The molecule has 0 radical (unpaired) electrons. The lowest BCUT2D eigenvalue weighted by Gasteiger charge is -2.30. The second kappa shape index (κ2) is 10.6. The van der Waals surface area contributed by atoms with Gasteiger partial charge in [0.15, 0.2) is 0 Å². The SMILES string of the molecule is CN(C1CCCCC1)S(=O)(=O)c1cccc(C(=O)NCCC2CCNC2)c1.Cl. The Kier molecular flexibility index (Phi) is 8.74. The van der Waals surface area contributed by atoms with E-state index < -0.39 is 10.0 Å². The smallest absolute Gasteiger partial charge is 0.251 e. The molecular formula is C20H32ClN3O3S. The van der Waals surface area contributed by atoms with E-state index in [1.54, 1.807) is 25.2 Å². The summed E-state index contributed by atoms with van der Waals surface area (Å²) in [6.07, 6.45) is 7.24. The van der Waals surface area contributed by atoms with Gasteiger partial charge in [0.1, 0.15) is 0 Å². The number of benzene rings is 1. The Morgan fingerprint density at radius 2 is 1.96 bits per heavy atom. The van der Waals surface area contributed by atoms with Crippen molar-refractivity contribution in [2.24, 2.45) is 5.92 Å². The first kappa shape index (κ1) is 23.1. The van der Waals surface area contributed by atoms with E-state index in [1.807, 2.05) is 0 Å². The van der Waals surface area contributed by atoms with E-state index in [2.05, 4.69) is 10.6 Å². The molecule has 158 valence electrons. The summed E-state index contributed by atoms with van der Waals surface area (Å²) in [6.45, 7) is 2.67. The highest BCUT2D eigenvalue weighted by Crippen LogP contribution is 2.26. The molecule has 2 fully saturated rings. The van der Waals surface area contributed by atoms with E-state index in [-0.39, 0.29) is 29.3 Å². The second-order valence-electron chi connectivity index (χ2n) is 7.74. The predicted molar refractivity (Wildman–Crippen MR) is 113 cm³/mol. The van der Waals surface area contributed by atoms with E-state index in [4.69, 9.17) is 0 Å². The Morgan fingerprint density at radius 1 is 1.21 bits per heavy atom. The maximum Gasteiger partial charge on any atom is 0.251 e. The van der Waals surface area contributed by atoms with Crippen molar-refractivity contribution in [2.45, 2.75) is 55.9 Å². The number of carbonyl (C=O) groups is 1. The van der Waals surface area contributed by atoms with Gasteiger partial charge < -0.3 is 10.6 Å². The van der Waals surface area contributed by atoms with E-state index in [1.165, 1.54) is 16.8 Å². The zero-order valence-electron chi connectivity index (χ0n) is 16.5. The molecule has 3 rings (SSSR count). The summed E-state index contributed by atoms with van der Waals surface area (Å²) in [5.41, 5.74) is 0.401. The minimum absolute atomic E-state index is 0. The zero-order chi connectivity index (χ0) is 19.3. The number of hydrogen-bond acceptors (Lipinski definition) is 4. The summed E-state index contributed by atoms with van der Waals surface area (Å²) in [4.78, 5) is 12.6. The third-order valence-corrected chi connectivity index (χ3v) is 7.77. The molecule has 2 N–H and O–H groups in total. The number of rotatable bonds is 7. The number of hydrogen-bond donors (Lipinski definition) is 2. The first-order valence-corrected chi connectivity index (χ1v) is 11.5. The molecule has 6 nitrogen and oxygen atoms in total. The van der Waals surface area contributed by atoms with Gasteiger partial charge in [0.2, 0.25) is 10.0 Å². The van der Waals surface area contributed by atoms with E-state index in [0.717, 1.165) is 51.6 Å². The largest absolute Gasteiger partial charge is 0.352 e. The fraction of sp³-hybridized carbons (Fsp3) is 0.650. The van der Waals surface area contributed by atoms with Crippen molar-refractivity contribution in [2.75, 3.05) is 26.7 Å². The molecule has 1 heterocycles. The van der Waals surface area contributed by atoms with Crippen LogP contribution in [0.25, 0.3) is 0 Å². The Labute approximate surface area is 174 Å². The number of nitrogens with zero attached hydrogens (tertiary/aromatic N) is 1. The lowest BCUT2D eigenvalue weighted by Crippen LogP contribution is -2.38. The van der Waals surface area contributed by atoms with Crippen LogP contribution in [0, 0.1) is 5.92 Å². The van der Waals surface area contributed by atoms with Gasteiger partial charge in [-0.2, -0.15) is 4.31 Å². The average molecular weight is 430 g/mol. The number of carbonyl (C=O) groups excluding carboxylic acids is 1. The maximum absolute atomic E-state index is 13.0. The van der Waals surface area contributed by atoms with Gasteiger partial charge in [-0.05, 0) is 62.9 Å². The first-order valence-electron chi connectivity index (χ1n) is 10.1. The quantitative estimate of drug-likeness (QED) is 0.698. The van der Waals surface area contributed by atoms with Crippen molar-refractivity contribution in [3.05, 3.63) is 29.8 Å². The molecule has 0 bridgehead atoms. The number of amides is 1. The summed E-state index contributed by atoms with van der Waals surface area (Å²) in [5.74, 6) is 0.402. The average Bonchev–Trinajstić information content (AvgIpc) is 3.21. The lowest BCUT2D eigenvalue weighted by molar-refractivity contribution is 0.0951. The van der Waals surface area contributed by atoms with Gasteiger partial charge in [-0.3, -0.25) is 4.79 Å². The molecule has 0 spiro atoms. The number of sulfonamides is 1. The predicted octanol–water partition coefficient (Wildman–Crippen LogP) is 2.79. The standard InChI is InChI=1S/C20H31N3O3S.ClH/c1-23(18-7-3-2-4-8-18)27(25,26)19-9-5-6-17(14-19)20(24)22-13-11-16-10-12-21-15-16;/h5-6,9,14,16,18,21H,2-4,7-8,10-13,15H2,1H3,(H,22,24);1H. The van der Waals surface area contributed by atoms with Crippen LogP contribution < -0.4 is 10.6 Å². The number of nitrogens with one attached hydrogen (secondary N) is 2. The molecule has 1 saturated heterocycles. The van der Waals surface area contributed by atoms with Crippen molar-refractivity contribution >= 4 is 28.3 Å². The van der Waals surface area contributed by atoms with Crippen LogP contribution >= 0.6 is 12.4 Å². The van der Waals surface area contributed by atoms with Gasteiger partial charge >= 0.3 is 0 Å². The van der Waals surface area contributed by atoms with Gasteiger partial charge in [0.25, 0.3) is 5.91 Å². The minimum atomic E-state index is -3.58. The van der Waals surface area contributed by atoms with Gasteiger partial charge in [-0.25, -0.2) is 8.42 Å². The maximum atomic E-state index is 13.0. The summed E-state index contributed by atoms with van der Waals surface area (Å²) < 4.78 is 27.5. The monoisotopic (exact) mass is 429 g/mol. The molecule has 1 saturated carbocycles. The molecule has 0 aromatic heterocycles. The third kappa shape index (κ3) is 5.69. The molecule has 1 aromatic carbocycles. The molecule has 1 aliphatic heterocycles. The van der Waals surface area contributed by atoms with Crippen LogP contribution in [-0.2, 0) is 10.0 Å². The van der Waals surface area contributed by atoms with Gasteiger partial charge in [-0.15, -0.1) is 12.4 Å². The molecule has 8 heteroatoms. The van der Waals surface area contributed by atoms with Gasteiger partial charge in [-0.1, -0.05) is 25.3 Å². The van der Waals surface area contributed by atoms with Crippen molar-refractivity contribution < 1.29 is 13.2 Å². The summed E-state index contributed by atoms with van der Waals surface area (Å²) in [5, 5.41) is 6.24. The first-order chi connectivity index (χ1) is 13.0. The fourth-order valence-electron chi connectivity index (χ4n) is 4.06. The summed E-state index contributed by atoms with van der Waals surface area (Å²) in [7, 11) is -1.92. The zero-order valence-corrected chi connectivity index (χ0v) is 18.2. The van der Waals surface area contributed by atoms with E-state index in [9.17, 15) is 13.2 Å². The molecular weight excluding hydrogens is 398 g/mol. The van der Waals surface area contributed by atoms with Crippen LogP contribution in [0.4, 0.5) is 0 Å². The number of halogens is 1. The summed E-state index contributed by atoms with van der Waals surface area (Å²) in [6, 6.07) is 6.46. The van der Waals surface area contributed by atoms with Crippen molar-refractivity contribution in [3.8, 4) is 0 Å². The van der Waals surface area contributed by atoms with Crippen LogP contribution in [0.15, 0.2) is 29.2 Å². The molecule has 1 unspecified atom stereocenters. The molecule has 1 aliphatic carbocycles. The highest BCUT2D eigenvalue weighted by Gasteiger charge is 2.29. The molecule has 1 aromatic rings. The normalized spacial score (nSPS) is 20.7. The topological polar surface area (TPSA) is 78.5 Å².